The smallest absolute Gasteiger partial charge is 0.131 e. The molecular formula is C15H9BrClFS. The number of rotatable bonds is 2. The van der Waals surface area contributed by atoms with Crippen molar-refractivity contribution < 1.29 is 4.39 Å². The molecule has 96 valence electrons. The van der Waals surface area contributed by atoms with E-state index in [0.29, 0.717) is 5.39 Å². The van der Waals surface area contributed by atoms with Crippen molar-refractivity contribution >= 4 is 49.6 Å². The summed E-state index contributed by atoms with van der Waals surface area (Å²) in [5, 5.41) is 3.18. The fourth-order valence-electron chi connectivity index (χ4n) is 2.13. The molecule has 0 amide bonds. The summed E-state index contributed by atoms with van der Waals surface area (Å²) in [5.41, 5.74) is 0.932. The minimum atomic E-state index is -0.278. The van der Waals surface area contributed by atoms with Gasteiger partial charge in [0.2, 0.25) is 0 Å². The van der Waals surface area contributed by atoms with Gasteiger partial charge in [-0.1, -0.05) is 30.3 Å². The highest BCUT2D eigenvalue weighted by atomic mass is 79.9. The van der Waals surface area contributed by atoms with Crippen LogP contribution in [-0.4, -0.2) is 0 Å². The number of benzene rings is 2. The van der Waals surface area contributed by atoms with E-state index in [0.717, 1.165) is 20.3 Å². The van der Waals surface area contributed by atoms with E-state index in [4.69, 9.17) is 11.6 Å². The Balaban J connectivity index is 2.21. The largest absolute Gasteiger partial charge is 0.206 e. The normalized spacial score (nSPS) is 12.8. The van der Waals surface area contributed by atoms with Gasteiger partial charge >= 0.3 is 0 Å². The zero-order valence-electron chi connectivity index (χ0n) is 9.74. The van der Waals surface area contributed by atoms with Crippen LogP contribution in [0, 0.1) is 5.82 Å². The Morgan fingerprint density at radius 2 is 1.79 bits per heavy atom. The predicted octanol–water partition coefficient (Wildman–Crippen LogP) is 6.13. The average molecular weight is 356 g/mol. The van der Waals surface area contributed by atoms with E-state index in [1.807, 2.05) is 29.6 Å². The van der Waals surface area contributed by atoms with Crippen molar-refractivity contribution in [3.05, 3.63) is 68.6 Å². The highest BCUT2D eigenvalue weighted by Gasteiger charge is 2.18. The summed E-state index contributed by atoms with van der Waals surface area (Å²) < 4.78 is 14.8. The van der Waals surface area contributed by atoms with Crippen LogP contribution in [0.25, 0.3) is 10.8 Å². The minimum absolute atomic E-state index is 0.214. The highest BCUT2D eigenvalue weighted by molar-refractivity contribution is 9.10. The first kappa shape index (κ1) is 13.1. The maximum Gasteiger partial charge on any atom is 0.131 e. The van der Waals surface area contributed by atoms with Crippen molar-refractivity contribution in [1.82, 2.24) is 0 Å². The summed E-state index contributed by atoms with van der Waals surface area (Å²) in [6.45, 7) is 0. The molecule has 0 aliphatic carbocycles. The quantitative estimate of drug-likeness (QED) is 0.485. The van der Waals surface area contributed by atoms with Crippen LogP contribution in [0.4, 0.5) is 4.39 Å². The van der Waals surface area contributed by atoms with Crippen molar-refractivity contribution in [3.63, 3.8) is 0 Å². The van der Waals surface area contributed by atoms with E-state index < -0.39 is 0 Å². The number of hydrogen-bond acceptors (Lipinski definition) is 1. The molecule has 0 N–H and O–H groups in total. The molecule has 0 saturated heterocycles. The first-order valence-corrected chi connectivity index (χ1v) is 7.83. The molecular weight excluding hydrogens is 347 g/mol. The van der Waals surface area contributed by atoms with Crippen LogP contribution in [0.3, 0.4) is 0 Å². The van der Waals surface area contributed by atoms with Gasteiger partial charge < -0.3 is 0 Å². The summed E-state index contributed by atoms with van der Waals surface area (Å²) in [7, 11) is 0. The van der Waals surface area contributed by atoms with Crippen molar-refractivity contribution in [1.29, 1.82) is 0 Å². The highest BCUT2D eigenvalue weighted by Crippen LogP contribution is 2.40. The van der Waals surface area contributed by atoms with Crippen LogP contribution in [0.2, 0.25) is 0 Å². The van der Waals surface area contributed by atoms with Gasteiger partial charge in [0.25, 0.3) is 0 Å². The molecule has 1 heterocycles. The molecule has 1 aromatic heterocycles. The molecule has 3 rings (SSSR count). The molecule has 0 radical (unpaired) electrons. The van der Waals surface area contributed by atoms with Crippen molar-refractivity contribution in [3.8, 4) is 0 Å². The number of thiophene rings is 1. The fraction of sp³-hybridized carbons (Fsp3) is 0.0667. The second kappa shape index (κ2) is 5.23. The summed E-state index contributed by atoms with van der Waals surface area (Å²) in [5.74, 6) is -0.214. The predicted molar refractivity (Wildman–Crippen MR) is 83.6 cm³/mol. The zero-order valence-corrected chi connectivity index (χ0v) is 12.9. The zero-order chi connectivity index (χ0) is 13.4. The molecule has 0 bridgehead atoms. The lowest BCUT2D eigenvalue weighted by Crippen LogP contribution is -1.94. The maximum atomic E-state index is 13.8. The van der Waals surface area contributed by atoms with E-state index in [-0.39, 0.29) is 11.2 Å². The molecule has 2 aromatic carbocycles. The Morgan fingerprint density at radius 3 is 2.47 bits per heavy atom. The van der Waals surface area contributed by atoms with Crippen molar-refractivity contribution in [2.45, 2.75) is 5.38 Å². The fourth-order valence-corrected chi connectivity index (χ4v) is 4.32. The molecule has 0 aliphatic rings. The number of hydrogen-bond donors (Lipinski definition) is 0. The molecule has 1 atom stereocenters. The summed E-state index contributed by atoms with van der Waals surface area (Å²) in [6, 6.07) is 12.6. The van der Waals surface area contributed by atoms with Crippen LogP contribution in [0.5, 0.6) is 0 Å². The lowest BCUT2D eigenvalue weighted by molar-refractivity contribution is 0.639. The lowest BCUT2D eigenvalue weighted by Gasteiger charge is -2.12. The first-order chi connectivity index (χ1) is 9.18. The number of alkyl halides is 1. The van der Waals surface area contributed by atoms with Gasteiger partial charge in [0, 0.05) is 14.7 Å². The van der Waals surface area contributed by atoms with Gasteiger partial charge in [-0.2, -0.15) is 0 Å². The third-order valence-corrected chi connectivity index (χ3v) is 5.57. The molecule has 0 spiro atoms. The topological polar surface area (TPSA) is 0 Å². The standard InChI is InChI=1S/C15H9BrClFS/c16-12-7-8-19-15(12)14(17)11-5-6-13(18)10-4-2-1-3-9(10)11/h1-8,14H. The van der Waals surface area contributed by atoms with Crippen LogP contribution in [0.15, 0.2) is 52.3 Å². The van der Waals surface area contributed by atoms with Crippen molar-refractivity contribution in [2.75, 3.05) is 0 Å². The van der Waals surface area contributed by atoms with Gasteiger partial charge in [0.15, 0.2) is 0 Å². The van der Waals surface area contributed by atoms with E-state index in [1.165, 1.54) is 6.07 Å². The van der Waals surface area contributed by atoms with Gasteiger partial charge in [-0.05, 0) is 44.4 Å². The summed E-state index contributed by atoms with van der Waals surface area (Å²) in [6.07, 6.45) is 0. The molecule has 3 aromatic rings. The molecule has 0 nitrogen and oxygen atoms in total. The SMILES string of the molecule is Fc1ccc(C(Cl)c2sccc2Br)c2ccccc12. The summed E-state index contributed by atoms with van der Waals surface area (Å²) >= 11 is 11.7. The Labute approximate surface area is 128 Å². The lowest BCUT2D eigenvalue weighted by atomic mass is 10.0. The van der Waals surface area contributed by atoms with Gasteiger partial charge in [0.1, 0.15) is 5.82 Å². The third kappa shape index (κ3) is 2.31. The van der Waals surface area contributed by atoms with E-state index >= 15 is 0 Å². The van der Waals surface area contributed by atoms with Gasteiger partial charge in [-0.15, -0.1) is 22.9 Å². The molecule has 0 fully saturated rings. The first-order valence-electron chi connectivity index (χ1n) is 5.72. The van der Waals surface area contributed by atoms with Crippen LogP contribution in [-0.2, 0) is 0 Å². The average Bonchev–Trinajstić information content (AvgIpc) is 2.85. The van der Waals surface area contributed by atoms with Gasteiger partial charge in [-0.25, -0.2) is 4.39 Å². The molecule has 1 unspecified atom stereocenters. The Kier molecular flexibility index (Phi) is 3.61. The van der Waals surface area contributed by atoms with Gasteiger partial charge in [-0.3, -0.25) is 0 Å². The van der Waals surface area contributed by atoms with Crippen LogP contribution < -0.4 is 0 Å². The van der Waals surface area contributed by atoms with E-state index in [1.54, 1.807) is 23.5 Å². The van der Waals surface area contributed by atoms with E-state index in [2.05, 4.69) is 15.9 Å². The van der Waals surface area contributed by atoms with Crippen LogP contribution in [0.1, 0.15) is 15.8 Å². The Hall–Kier alpha value is -0.900. The Morgan fingerprint density at radius 1 is 1.05 bits per heavy atom. The third-order valence-electron chi connectivity index (χ3n) is 3.05. The second-order valence-corrected chi connectivity index (χ2v) is 6.42. The van der Waals surface area contributed by atoms with E-state index in [9.17, 15) is 4.39 Å². The number of fused-ring (bicyclic) bond motifs is 1. The monoisotopic (exact) mass is 354 g/mol. The second-order valence-electron chi connectivity index (χ2n) is 4.18. The molecule has 4 heteroatoms. The summed E-state index contributed by atoms with van der Waals surface area (Å²) in [4.78, 5) is 1.04. The molecule has 0 saturated carbocycles. The minimum Gasteiger partial charge on any atom is -0.206 e. The maximum absolute atomic E-state index is 13.8. The number of halogens is 3. The van der Waals surface area contributed by atoms with Gasteiger partial charge in [0.05, 0.1) is 5.38 Å². The van der Waals surface area contributed by atoms with Crippen molar-refractivity contribution in [2.24, 2.45) is 0 Å². The molecule has 0 aliphatic heterocycles. The molecule has 19 heavy (non-hydrogen) atoms. The Bertz CT molecular complexity index is 738. The van der Waals surface area contributed by atoms with Crippen LogP contribution >= 0.6 is 38.9 Å².